The third-order valence-electron chi connectivity index (χ3n) is 6.66. The Morgan fingerprint density at radius 3 is 2.83 bits per heavy atom. The van der Waals surface area contributed by atoms with Crippen LogP contribution in [0.25, 0.3) is 10.9 Å². The van der Waals surface area contributed by atoms with Crippen molar-refractivity contribution in [2.45, 2.75) is 29.4 Å². The molecule has 0 spiro atoms. The molecule has 8 nitrogen and oxygen atoms in total. The molecule has 0 saturated carbocycles. The zero-order valence-electron chi connectivity index (χ0n) is 20.1. The van der Waals surface area contributed by atoms with E-state index in [1.165, 1.54) is 6.33 Å². The molecule has 1 aliphatic rings. The molecular formula is C25H30FIN6O2. The van der Waals surface area contributed by atoms with Crippen LogP contribution in [0.2, 0.25) is 0 Å². The molecule has 0 radical (unpaired) electrons. The van der Waals surface area contributed by atoms with Crippen LogP contribution in [-0.2, 0) is 15.8 Å². The Hall–Kier alpha value is -2.57. The lowest BCUT2D eigenvalue weighted by Gasteiger charge is -2.43. The van der Waals surface area contributed by atoms with E-state index in [1.54, 1.807) is 26.3 Å². The number of nitrogens with one attached hydrogen (secondary N) is 3. The van der Waals surface area contributed by atoms with Crippen molar-refractivity contribution >= 4 is 50.9 Å². The number of carbonyl (C=O) groups is 1. The SMILES string of the molecule is CNC(=O)C1(N(C)Cc2cc3c(Nc4cccc(CI)c4F)ncnc3cc2OC)CCCNC1. The average Bonchev–Trinajstić information content (AvgIpc) is 2.89. The highest BCUT2D eigenvalue weighted by molar-refractivity contribution is 14.1. The smallest absolute Gasteiger partial charge is 0.241 e. The van der Waals surface area contributed by atoms with E-state index in [4.69, 9.17) is 4.74 Å². The second-order valence-corrected chi connectivity index (χ2v) is 9.45. The first-order valence-corrected chi connectivity index (χ1v) is 13.0. The van der Waals surface area contributed by atoms with Gasteiger partial charge in [0.05, 0.1) is 18.3 Å². The topological polar surface area (TPSA) is 91.4 Å². The molecule has 1 amide bonds. The summed E-state index contributed by atoms with van der Waals surface area (Å²) in [6, 6.07) is 9.10. The Kier molecular flexibility index (Phi) is 8.02. The Labute approximate surface area is 218 Å². The third kappa shape index (κ3) is 5.05. The molecule has 3 N–H and O–H groups in total. The number of nitrogens with zero attached hydrogens (tertiary/aromatic N) is 3. The fourth-order valence-corrected chi connectivity index (χ4v) is 5.26. The standard InChI is InChI=1S/C25H30FIN6O2/c1-28-24(34)25(8-5-9-29-14-25)33(2)13-17-10-18-20(11-21(17)35-3)30-15-31-23(18)32-19-7-4-6-16(12-27)22(19)26/h4,6-7,10-11,15,29H,5,8-9,12-14H2,1-3H3,(H,28,34)(H,30,31,32). The lowest BCUT2D eigenvalue weighted by atomic mass is 9.87. The summed E-state index contributed by atoms with van der Waals surface area (Å²) >= 11 is 2.15. The summed E-state index contributed by atoms with van der Waals surface area (Å²) in [5.41, 5.74) is 1.89. The van der Waals surface area contributed by atoms with E-state index in [0.717, 1.165) is 30.3 Å². The molecule has 0 aliphatic carbocycles. The van der Waals surface area contributed by atoms with Gasteiger partial charge in [-0.25, -0.2) is 14.4 Å². The summed E-state index contributed by atoms with van der Waals surface area (Å²) in [6.45, 7) is 1.94. The zero-order valence-corrected chi connectivity index (χ0v) is 22.3. The molecule has 1 atom stereocenters. The van der Waals surface area contributed by atoms with Crippen molar-refractivity contribution in [3.63, 3.8) is 0 Å². The van der Waals surface area contributed by atoms with Crippen LogP contribution in [0.1, 0.15) is 24.0 Å². The first-order chi connectivity index (χ1) is 16.9. The minimum absolute atomic E-state index is 0.0109. The number of ether oxygens (including phenoxy) is 1. The second-order valence-electron chi connectivity index (χ2n) is 8.69. The van der Waals surface area contributed by atoms with E-state index < -0.39 is 5.54 Å². The maximum atomic E-state index is 14.9. The highest BCUT2D eigenvalue weighted by Gasteiger charge is 2.42. The minimum Gasteiger partial charge on any atom is -0.496 e. The summed E-state index contributed by atoms with van der Waals surface area (Å²) in [5, 5.41) is 10.1. The van der Waals surface area contributed by atoms with E-state index in [-0.39, 0.29) is 11.7 Å². The molecule has 1 aromatic heterocycles. The number of carbonyl (C=O) groups excluding carboxylic acids is 1. The predicted octanol–water partition coefficient (Wildman–Crippen LogP) is 3.76. The Morgan fingerprint density at radius 2 is 2.14 bits per heavy atom. The average molecular weight is 592 g/mol. The molecule has 1 fully saturated rings. The van der Waals surface area contributed by atoms with Gasteiger partial charge in [-0.1, -0.05) is 34.7 Å². The van der Waals surface area contributed by atoms with Crippen LogP contribution in [0.4, 0.5) is 15.9 Å². The Bertz CT molecular complexity index is 1220. The number of amides is 1. The van der Waals surface area contributed by atoms with Gasteiger partial charge in [-0.3, -0.25) is 9.69 Å². The number of fused-ring (bicyclic) bond motifs is 1. The van der Waals surface area contributed by atoms with Gasteiger partial charge in [0, 0.05) is 41.6 Å². The van der Waals surface area contributed by atoms with Gasteiger partial charge in [-0.2, -0.15) is 0 Å². The van der Waals surface area contributed by atoms with Gasteiger partial charge in [-0.05, 0) is 44.1 Å². The van der Waals surface area contributed by atoms with Crippen molar-refractivity contribution in [1.29, 1.82) is 0 Å². The summed E-state index contributed by atoms with van der Waals surface area (Å²) in [4.78, 5) is 23.8. The largest absolute Gasteiger partial charge is 0.496 e. The number of alkyl halides is 1. The van der Waals surface area contributed by atoms with Crippen LogP contribution in [0, 0.1) is 5.82 Å². The number of anilines is 2. The number of hydrogen-bond acceptors (Lipinski definition) is 7. The number of benzene rings is 2. The van der Waals surface area contributed by atoms with Gasteiger partial charge in [-0.15, -0.1) is 0 Å². The van der Waals surface area contributed by atoms with Gasteiger partial charge >= 0.3 is 0 Å². The maximum Gasteiger partial charge on any atom is 0.241 e. The summed E-state index contributed by atoms with van der Waals surface area (Å²) in [7, 11) is 5.24. The summed E-state index contributed by atoms with van der Waals surface area (Å²) in [5.74, 6) is 0.872. The fourth-order valence-electron chi connectivity index (χ4n) is 4.67. The predicted molar refractivity (Wildman–Crippen MR) is 144 cm³/mol. The molecule has 186 valence electrons. The summed E-state index contributed by atoms with van der Waals surface area (Å²) in [6.07, 6.45) is 3.12. The Balaban J connectivity index is 1.73. The first-order valence-electron chi connectivity index (χ1n) is 11.5. The number of hydrogen-bond donors (Lipinski definition) is 3. The van der Waals surface area contributed by atoms with Crippen LogP contribution in [0.15, 0.2) is 36.7 Å². The molecule has 0 bridgehead atoms. The monoisotopic (exact) mass is 592 g/mol. The van der Waals surface area contributed by atoms with Gasteiger partial charge in [0.1, 0.15) is 23.4 Å². The normalized spacial score (nSPS) is 18.0. The highest BCUT2D eigenvalue weighted by Crippen LogP contribution is 2.33. The summed E-state index contributed by atoms with van der Waals surface area (Å²) < 4.78 is 21.2. The molecule has 1 aliphatic heterocycles. The van der Waals surface area contributed by atoms with E-state index >= 15 is 0 Å². The lowest BCUT2D eigenvalue weighted by Crippen LogP contribution is -2.63. The van der Waals surface area contributed by atoms with E-state index in [9.17, 15) is 9.18 Å². The third-order valence-corrected chi connectivity index (χ3v) is 7.48. The molecule has 2 aromatic carbocycles. The van der Waals surface area contributed by atoms with Crippen molar-refractivity contribution in [1.82, 2.24) is 25.5 Å². The lowest BCUT2D eigenvalue weighted by molar-refractivity contribution is -0.134. The molecule has 3 aromatic rings. The number of methoxy groups -OCH3 is 1. The molecule has 1 unspecified atom stereocenters. The van der Waals surface area contributed by atoms with Crippen molar-refractivity contribution < 1.29 is 13.9 Å². The molecular weight excluding hydrogens is 562 g/mol. The van der Waals surface area contributed by atoms with Crippen molar-refractivity contribution in [3.05, 3.63) is 53.6 Å². The number of likely N-dealkylation sites (N-methyl/N-ethyl adjacent to an activating group) is 2. The zero-order chi connectivity index (χ0) is 25.0. The second kappa shape index (κ2) is 11.0. The number of piperidine rings is 1. The van der Waals surface area contributed by atoms with Crippen LogP contribution in [-0.4, -0.2) is 60.6 Å². The van der Waals surface area contributed by atoms with Gasteiger partial charge in [0.15, 0.2) is 5.82 Å². The van der Waals surface area contributed by atoms with Crippen molar-refractivity contribution in [3.8, 4) is 5.75 Å². The van der Waals surface area contributed by atoms with Gasteiger partial charge < -0.3 is 20.7 Å². The van der Waals surface area contributed by atoms with E-state index in [0.29, 0.717) is 45.9 Å². The van der Waals surface area contributed by atoms with Gasteiger partial charge in [0.2, 0.25) is 5.91 Å². The van der Waals surface area contributed by atoms with Crippen molar-refractivity contribution in [2.75, 3.05) is 39.6 Å². The molecule has 35 heavy (non-hydrogen) atoms. The van der Waals surface area contributed by atoms with Crippen LogP contribution < -0.4 is 20.7 Å². The van der Waals surface area contributed by atoms with E-state index in [1.807, 2.05) is 25.2 Å². The number of rotatable bonds is 8. The van der Waals surface area contributed by atoms with Gasteiger partial charge in [0.25, 0.3) is 0 Å². The Morgan fingerprint density at radius 1 is 1.31 bits per heavy atom. The molecule has 4 rings (SSSR count). The fraction of sp³-hybridized carbons (Fsp3) is 0.400. The quantitative estimate of drug-likeness (QED) is 0.271. The molecule has 1 saturated heterocycles. The minimum atomic E-state index is -0.662. The van der Waals surface area contributed by atoms with E-state index in [2.05, 4.69) is 53.4 Å². The van der Waals surface area contributed by atoms with Crippen LogP contribution in [0.3, 0.4) is 0 Å². The maximum absolute atomic E-state index is 14.9. The molecule has 10 heteroatoms. The van der Waals surface area contributed by atoms with Crippen LogP contribution in [0.5, 0.6) is 5.75 Å². The molecule has 2 heterocycles. The number of halogens is 2. The number of aromatic nitrogens is 2. The first kappa shape index (κ1) is 25.5. The van der Waals surface area contributed by atoms with Crippen molar-refractivity contribution in [2.24, 2.45) is 0 Å². The van der Waals surface area contributed by atoms with Crippen LogP contribution >= 0.6 is 22.6 Å². The highest BCUT2D eigenvalue weighted by atomic mass is 127.